The van der Waals surface area contributed by atoms with E-state index in [0.717, 1.165) is 4.70 Å². The number of amides is 1. The predicted molar refractivity (Wildman–Crippen MR) is 123 cm³/mol. The van der Waals surface area contributed by atoms with Crippen LogP contribution in [0.25, 0.3) is 10.1 Å². The number of nitro groups is 1. The van der Waals surface area contributed by atoms with E-state index in [2.05, 4.69) is 10.5 Å². The summed E-state index contributed by atoms with van der Waals surface area (Å²) in [6.07, 6.45) is 1.44. The van der Waals surface area contributed by atoms with E-state index < -0.39 is 16.8 Å². The molecule has 0 atom stereocenters. The lowest BCUT2D eigenvalue weighted by atomic mass is 10.2. The van der Waals surface area contributed by atoms with Crippen molar-refractivity contribution in [1.82, 2.24) is 5.43 Å². The van der Waals surface area contributed by atoms with Gasteiger partial charge in [-0.1, -0.05) is 0 Å². The first-order valence-corrected chi connectivity index (χ1v) is 10.8. The third-order valence-corrected chi connectivity index (χ3v) is 5.35. The summed E-state index contributed by atoms with van der Waals surface area (Å²) in [6.45, 7) is 3.94. The number of nitro benzene ring substituents is 1. The van der Waals surface area contributed by atoms with Gasteiger partial charge in [0.15, 0.2) is 18.1 Å². The predicted octanol–water partition coefficient (Wildman–Crippen LogP) is 3.91. The highest BCUT2D eigenvalue weighted by atomic mass is 32.1. The van der Waals surface area contributed by atoms with Crippen LogP contribution in [0.5, 0.6) is 11.5 Å². The van der Waals surface area contributed by atoms with E-state index in [1.807, 2.05) is 6.92 Å². The molecule has 172 valence electrons. The second-order valence-electron chi connectivity index (χ2n) is 6.52. The number of carbonyl (C=O) groups is 2. The fourth-order valence-electron chi connectivity index (χ4n) is 2.81. The van der Waals surface area contributed by atoms with Gasteiger partial charge in [0, 0.05) is 22.2 Å². The molecule has 1 N–H and O–H groups in total. The number of hydrazone groups is 1. The highest BCUT2D eigenvalue weighted by molar-refractivity contribution is 7.20. The Morgan fingerprint density at radius 3 is 2.64 bits per heavy atom. The topological polar surface area (TPSA) is 129 Å². The molecular weight excluding hydrogens is 450 g/mol. The van der Waals surface area contributed by atoms with Gasteiger partial charge in [0.2, 0.25) is 0 Å². The van der Waals surface area contributed by atoms with Crippen molar-refractivity contribution in [3.63, 3.8) is 0 Å². The number of non-ortho nitro benzene ring substituents is 1. The summed E-state index contributed by atoms with van der Waals surface area (Å²) >= 11 is 1.21. The summed E-state index contributed by atoms with van der Waals surface area (Å²) in [5.74, 6) is -0.118. The number of esters is 1. The van der Waals surface area contributed by atoms with Gasteiger partial charge in [0.1, 0.15) is 0 Å². The maximum absolute atomic E-state index is 12.4. The molecule has 0 aliphatic rings. The molecular formula is C22H21N3O7S. The minimum atomic E-state index is -0.482. The van der Waals surface area contributed by atoms with Crippen molar-refractivity contribution in [2.75, 3.05) is 19.8 Å². The van der Waals surface area contributed by atoms with Crippen molar-refractivity contribution in [2.45, 2.75) is 13.8 Å². The van der Waals surface area contributed by atoms with E-state index in [9.17, 15) is 19.7 Å². The van der Waals surface area contributed by atoms with Gasteiger partial charge in [0.05, 0.1) is 29.2 Å². The van der Waals surface area contributed by atoms with Crippen molar-refractivity contribution >= 4 is 45.2 Å². The van der Waals surface area contributed by atoms with Crippen LogP contribution in [0.1, 0.15) is 29.1 Å². The molecule has 1 amide bonds. The highest BCUT2D eigenvalue weighted by Gasteiger charge is 2.13. The van der Waals surface area contributed by atoms with E-state index in [4.69, 9.17) is 14.2 Å². The van der Waals surface area contributed by atoms with E-state index >= 15 is 0 Å². The number of fused-ring (bicyclic) bond motifs is 1. The van der Waals surface area contributed by atoms with E-state index in [0.29, 0.717) is 33.9 Å². The number of rotatable bonds is 10. The number of nitrogens with one attached hydrogen (secondary N) is 1. The molecule has 0 fully saturated rings. The average molecular weight is 471 g/mol. The fourth-order valence-corrected chi connectivity index (χ4v) is 3.74. The zero-order chi connectivity index (χ0) is 23.8. The van der Waals surface area contributed by atoms with Crippen LogP contribution in [0.4, 0.5) is 5.69 Å². The SMILES string of the molecule is CCOC(=O)COc1ccc(C=NNC(=O)c2cc3cc([N+](=O)[O-])ccc3s2)cc1OCC. The summed E-state index contributed by atoms with van der Waals surface area (Å²) in [4.78, 5) is 34.7. The van der Waals surface area contributed by atoms with Gasteiger partial charge in [-0.05, 0) is 49.7 Å². The molecule has 33 heavy (non-hydrogen) atoms. The Kier molecular flexibility index (Phi) is 7.92. The summed E-state index contributed by atoms with van der Waals surface area (Å²) in [6, 6.07) is 11.0. The number of carbonyl (C=O) groups excluding carboxylic acids is 2. The molecule has 0 aliphatic carbocycles. The van der Waals surface area contributed by atoms with Crippen molar-refractivity contribution in [1.29, 1.82) is 0 Å². The minimum Gasteiger partial charge on any atom is -0.490 e. The third-order valence-electron chi connectivity index (χ3n) is 4.23. The number of thiophene rings is 1. The second kappa shape index (κ2) is 11.0. The first kappa shape index (κ1) is 23.7. The maximum atomic E-state index is 12.4. The van der Waals surface area contributed by atoms with Gasteiger partial charge in [-0.15, -0.1) is 11.3 Å². The molecule has 3 aromatic rings. The number of nitrogens with zero attached hydrogens (tertiary/aromatic N) is 2. The first-order valence-electron chi connectivity index (χ1n) is 9.98. The fraction of sp³-hybridized carbons (Fsp3) is 0.227. The number of ether oxygens (including phenoxy) is 3. The molecule has 0 aliphatic heterocycles. The van der Waals surface area contributed by atoms with Crippen molar-refractivity contribution in [3.8, 4) is 11.5 Å². The van der Waals surface area contributed by atoms with Crippen molar-refractivity contribution in [3.05, 3.63) is 63.0 Å². The van der Waals surface area contributed by atoms with Crippen LogP contribution in [0.15, 0.2) is 47.6 Å². The first-order chi connectivity index (χ1) is 15.9. The zero-order valence-corrected chi connectivity index (χ0v) is 18.7. The molecule has 11 heteroatoms. The number of benzene rings is 2. The molecule has 0 spiro atoms. The highest BCUT2D eigenvalue weighted by Crippen LogP contribution is 2.29. The molecule has 10 nitrogen and oxygen atoms in total. The molecule has 3 rings (SSSR count). The van der Waals surface area contributed by atoms with Crippen LogP contribution in [-0.4, -0.2) is 42.8 Å². The van der Waals surface area contributed by atoms with Crippen molar-refractivity contribution < 1.29 is 28.7 Å². The van der Waals surface area contributed by atoms with Gasteiger partial charge >= 0.3 is 5.97 Å². The normalized spacial score (nSPS) is 10.8. The summed E-state index contributed by atoms with van der Waals surface area (Å²) in [5.41, 5.74) is 3.04. The molecule has 0 bridgehead atoms. The van der Waals surface area contributed by atoms with Gasteiger partial charge in [-0.3, -0.25) is 14.9 Å². The molecule has 0 radical (unpaired) electrons. The molecule has 1 heterocycles. The zero-order valence-electron chi connectivity index (χ0n) is 17.9. The van der Waals surface area contributed by atoms with Gasteiger partial charge in [-0.2, -0.15) is 5.10 Å². The summed E-state index contributed by atoms with van der Waals surface area (Å²) < 4.78 is 16.6. The Bertz CT molecular complexity index is 1210. The van der Waals surface area contributed by atoms with Crippen LogP contribution in [-0.2, 0) is 9.53 Å². The summed E-state index contributed by atoms with van der Waals surface area (Å²) in [5, 5.41) is 15.5. The minimum absolute atomic E-state index is 0.0370. The molecule has 0 unspecified atom stereocenters. The Morgan fingerprint density at radius 1 is 1.09 bits per heavy atom. The second-order valence-corrected chi connectivity index (χ2v) is 7.61. The molecule has 2 aromatic carbocycles. The maximum Gasteiger partial charge on any atom is 0.344 e. The summed E-state index contributed by atoms with van der Waals surface area (Å²) in [7, 11) is 0. The average Bonchev–Trinajstić information content (AvgIpc) is 3.22. The van der Waals surface area contributed by atoms with Crippen LogP contribution in [0, 0.1) is 10.1 Å². The standard InChI is InChI=1S/C22H21N3O7S/c1-3-30-18-9-14(5-7-17(18)32-13-21(26)31-4-2)12-23-24-22(27)20-11-15-10-16(25(28)29)6-8-19(15)33-20/h5-12H,3-4,13H2,1-2H3,(H,24,27). The Hall–Kier alpha value is -3.99. The lowest BCUT2D eigenvalue weighted by Gasteiger charge is -2.12. The lowest BCUT2D eigenvalue weighted by Crippen LogP contribution is -2.16. The van der Waals surface area contributed by atoms with Gasteiger partial charge < -0.3 is 14.2 Å². The molecule has 0 saturated heterocycles. The van der Waals surface area contributed by atoms with Crippen molar-refractivity contribution in [2.24, 2.45) is 5.10 Å². The van der Waals surface area contributed by atoms with E-state index in [1.165, 1.54) is 29.7 Å². The van der Waals surface area contributed by atoms with E-state index in [1.54, 1.807) is 37.3 Å². The molecule has 0 saturated carbocycles. The largest absolute Gasteiger partial charge is 0.490 e. The van der Waals surface area contributed by atoms with Crippen LogP contribution >= 0.6 is 11.3 Å². The van der Waals surface area contributed by atoms with Crippen LogP contribution in [0.2, 0.25) is 0 Å². The van der Waals surface area contributed by atoms with E-state index in [-0.39, 0.29) is 18.9 Å². The Labute approximate surface area is 192 Å². The molecule has 1 aromatic heterocycles. The lowest BCUT2D eigenvalue weighted by molar-refractivity contribution is -0.384. The third kappa shape index (κ3) is 6.26. The Balaban J connectivity index is 1.66. The van der Waals surface area contributed by atoms with Crippen LogP contribution in [0.3, 0.4) is 0 Å². The van der Waals surface area contributed by atoms with Gasteiger partial charge in [0.25, 0.3) is 11.6 Å². The number of hydrogen-bond donors (Lipinski definition) is 1. The monoisotopic (exact) mass is 471 g/mol. The number of hydrogen-bond acceptors (Lipinski definition) is 9. The smallest absolute Gasteiger partial charge is 0.344 e. The Morgan fingerprint density at radius 2 is 1.91 bits per heavy atom. The van der Waals surface area contributed by atoms with Gasteiger partial charge in [-0.25, -0.2) is 10.2 Å². The van der Waals surface area contributed by atoms with Crippen LogP contribution < -0.4 is 14.9 Å². The quantitative estimate of drug-likeness (QED) is 0.205.